The fourth-order valence-electron chi connectivity index (χ4n) is 2.78. The summed E-state index contributed by atoms with van der Waals surface area (Å²) in [6, 6.07) is 0. The molecule has 2 aromatic rings. The lowest BCUT2D eigenvalue weighted by Gasteiger charge is -2.25. The van der Waals surface area contributed by atoms with Crippen LogP contribution in [0.4, 0.5) is 0 Å². The predicted octanol–water partition coefficient (Wildman–Crippen LogP) is 4.41. The normalized spacial score (nSPS) is 14.6. The van der Waals surface area contributed by atoms with Gasteiger partial charge in [0.25, 0.3) is 0 Å². The molecule has 2 heterocycles. The van der Waals surface area contributed by atoms with Crippen LogP contribution in [0.15, 0.2) is 12.4 Å². The van der Waals surface area contributed by atoms with Gasteiger partial charge in [-0.15, -0.1) is 10.2 Å². The van der Waals surface area contributed by atoms with Gasteiger partial charge in [-0.25, -0.2) is 4.68 Å². The molecule has 0 aliphatic heterocycles. The van der Waals surface area contributed by atoms with Gasteiger partial charge < -0.3 is 0 Å². The summed E-state index contributed by atoms with van der Waals surface area (Å²) in [6.45, 7) is 18.3. The molecule has 0 saturated carbocycles. The Bertz CT molecular complexity index is 732. The number of nitrogens with zero attached hydrogens (tertiary/aromatic N) is 6. The average Bonchev–Trinajstić information content (AvgIpc) is 3.19. The topological polar surface area (TPSA) is 61.4 Å². The molecule has 1 atom stereocenters. The number of hydrogen-bond donors (Lipinski definition) is 0. The summed E-state index contributed by atoms with van der Waals surface area (Å²) in [5.41, 5.74) is 2.10. The first-order valence-electron chi connectivity index (χ1n) is 9.69. The highest BCUT2D eigenvalue weighted by atomic mass is 32.2. The Kier molecular flexibility index (Phi) is 6.44. The molecule has 2 aromatic heterocycles. The van der Waals surface area contributed by atoms with Gasteiger partial charge in [0.2, 0.25) is 0 Å². The fourth-order valence-corrected chi connectivity index (χ4v) is 3.43. The third-order valence-corrected chi connectivity index (χ3v) is 6.05. The minimum absolute atomic E-state index is 0.00356. The van der Waals surface area contributed by atoms with Gasteiger partial charge in [-0.3, -0.25) is 4.68 Å². The van der Waals surface area contributed by atoms with E-state index in [9.17, 15) is 0 Å². The Balaban J connectivity index is 2.00. The summed E-state index contributed by atoms with van der Waals surface area (Å²) in [5.74, 6) is 0. The first kappa shape index (κ1) is 21.9. The van der Waals surface area contributed by atoms with Crippen molar-refractivity contribution in [2.45, 2.75) is 96.4 Å². The van der Waals surface area contributed by atoms with Crippen LogP contribution in [0.3, 0.4) is 0 Å². The van der Waals surface area contributed by atoms with Gasteiger partial charge in [0, 0.05) is 28.5 Å². The van der Waals surface area contributed by atoms with Crippen molar-refractivity contribution in [1.82, 2.24) is 30.0 Å². The molecule has 0 amide bonds. The highest BCUT2D eigenvalue weighted by molar-refractivity contribution is 7.99. The van der Waals surface area contributed by atoms with E-state index >= 15 is 0 Å². The molecule has 0 fully saturated rings. The summed E-state index contributed by atoms with van der Waals surface area (Å²) < 4.78 is 3.95. The first-order chi connectivity index (χ1) is 12.3. The number of rotatable bonds is 7. The molecule has 7 heteroatoms. The molecule has 1 unspecified atom stereocenters. The van der Waals surface area contributed by atoms with E-state index in [4.69, 9.17) is 0 Å². The van der Waals surface area contributed by atoms with Gasteiger partial charge in [0.05, 0.1) is 23.5 Å². The number of thioether (sulfide) groups is 1. The van der Waals surface area contributed by atoms with E-state index in [1.165, 1.54) is 0 Å². The van der Waals surface area contributed by atoms with Gasteiger partial charge in [-0.1, -0.05) is 45.0 Å². The van der Waals surface area contributed by atoms with E-state index in [0.717, 1.165) is 30.8 Å². The van der Waals surface area contributed by atoms with Crippen LogP contribution in [0.25, 0.3) is 0 Å². The second kappa shape index (κ2) is 7.94. The van der Waals surface area contributed by atoms with Crippen molar-refractivity contribution in [3.63, 3.8) is 0 Å². The minimum Gasteiger partial charge on any atom is -0.251 e. The Morgan fingerprint density at radius 3 is 2.04 bits per heavy atom. The number of aromatic nitrogens is 6. The average molecular weight is 393 g/mol. The molecule has 0 aliphatic rings. The van der Waals surface area contributed by atoms with Gasteiger partial charge in [0.1, 0.15) is 0 Å². The maximum absolute atomic E-state index is 4.45. The zero-order valence-electron chi connectivity index (χ0n) is 18.4. The van der Waals surface area contributed by atoms with Crippen LogP contribution in [0.2, 0.25) is 0 Å². The molecule has 0 saturated heterocycles. The zero-order valence-corrected chi connectivity index (χ0v) is 19.3. The molecule has 0 aliphatic carbocycles. The van der Waals surface area contributed by atoms with Crippen molar-refractivity contribution >= 4 is 11.8 Å². The van der Waals surface area contributed by atoms with E-state index in [1.807, 2.05) is 21.1 Å². The van der Waals surface area contributed by atoms with Crippen molar-refractivity contribution in [2.24, 2.45) is 0 Å². The maximum Gasteiger partial charge on any atom is 0.0883 e. The van der Waals surface area contributed by atoms with Crippen molar-refractivity contribution in [2.75, 3.05) is 6.26 Å². The van der Waals surface area contributed by atoms with Crippen LogP contribution in [-0.2, 0) is 22.9 Å². The molecule has 0 N–H and O–H groups in total. The monoisotopic (exact) mass is 392 g/mol. The van der Waals surface area contributed by atoms with E-state index in [1.54, 1.807) is 0 Å². The maximum atomic E-state index is 4.45. The smallest absolute Gasteiger partial charge is 0.0883 e. The second-order valence-corrected chi connectivity index (χ2v) is 11.2. The molecule has 0 bridgehead atoms. The van der Waals surface area contributed by atoms with Crippen LogP contribution >= 0.6 is 11.8 Å². The van der Waals surface area contributed by atoms with Crippen molar-refractivity contribution in [3.8, 4) is 0 Å². The largest absolute Gasteiger partial charge is 0.251 e. The van der Waals surface area contributed by atoms with Crippen LogP contribution < -0.4 is 0 Å². The van der Waals surface area contributed by atoms with E-state index in [2.05, 4.69) is 94.7 Å². The molecular weight excluding hydrogens is 356 g/mol. The lowest BCUT2D eigenvalue weighted by atomic mass is 9.84. The SMILES string of the molecule is CSC(CCC(C)(C)c1cn(C(C)(C)C)nn1)Cn1cc(C(C)(C)C)nn1. The Morgan fingerprint density at radius 1 is 0.926 bits per heavy atom. The molecule has 0 radical (unpaired) electrons. The minimum atomic E-state index is -0.0407. The Morgan fingerprint density at radius 2 is 1.56 bits per heavy atom. The first-order valence-corrected chi connectivity index (χ1v) is 11.0. The van der Waals surface area contributed by atoms with Crippen molar-refractivity contribution in [3.05, 3.63) is 23.8 Å². The zero-order chi connectivity index (χ0) is 20.5. The molecule has 152 valence electrons. The van der Waals surface area contributed by atoms with Crippen LogP contribution in [0.1, 0.15) is 79.6 Å². The summed E-state index contributed by atoms with van der Waals surface area (Å²) in [4.78, 5) is 0. The van der Waals surface area contributed by atoms with Gasteiger partial charge in [-0.2, -0.15) is 11.8 Å². The molecule has 2 rings (SSSR count). The predicted molar refractivity (Wildman–Crippen MR) is 113 cm³/mol. The van der Waals surface area contributed by atoms with E-state index in [0.29, 0.717) is 5.25 Å². The third-order valence-electron chi connectivity index (χ3n) is 5.00. The molecule has 0 aromatic carbocycles. The second-order valence-electron chi connectivity index (χ2n) is 10.1. The van der Waals surface area contributed by atoms with Crippen molar-refractivity contribution < 1.29 is 0 Å². The molecule has 0 spiro atoms. The number of hydrogen-bond acceptors (Lipinski definition) is 5. The standard InChI is InChI=1S/C20H36N6S/c1-18(2,3)16-13-25(23-21-16)12-15(27-9)10-11-20(7,8)17-14-26(24-22-17)19(4,5)6/h13-15H,10-12H2,1-9H3. The van der Waals surface area contributed by atoms with Gasteiger partial charge in [-0.05, 0) is 39.9 Å². The van der Waals surface area contributed by atoms with E-state index in [-0.39, 0.29) is 16.4 Å². The molecule has 27 heavy (non-hydrogen) atoms. The quantitative estimate of drug-likeness (QED) is 0.698. The molecule has 6 nitrogen and oxygen atoms in total. The summed E-state index contributed by atoms with van der Waals surface area (Å²) >= 11 is 1.90. The highest BCUT2D eigenvalue weighted by Crippen LogP contribution is 2.30. The highest BCUT2D eigenvalue weighted by Gasteiger charge is 2.27. The third kappa shape index (κ3) is 5.80. The van der Waals surface area contributed by atoms with Gasteiger partial charge >= 0.3 is 0 Å². The van der Waals surface area contributed by atoms with Crippen LogP contribution in [0.5, 0.6) is 0 Å². The van der Waals surface area contributed by atoms with Gasteiger partial charge in [0.15, 0.2) is 0 Å². The van der Waals surface area contributed by atoms with Crippen LogP contribution in [-0.4, -0.2) is 41.5 Å². The lowest BCUT2D eigenvalue weighted by molar-refractivity contribution is 0.346. The molecular formula is C20H36N6S. The fraction of sp³-hybridized carbons (Fsp3) is 0.800. The summed E-state index contributed by atoms with van der Waals surface area (Å²) in [6.07, 6.45) is 8.52. The Labute approximate surface area is 168 Å². The lowest BCUT2D eigenvalue weighted by Crippen LogP contribution is -2.23. The van der Waals surface area contributed by atoms with E-state index < -0.39 is 0 Å². The summed E-state index contributed by atoms with van der Waals surface area (Å²) in [5, 5.41) is 18.0. The summed E-state index contributed by atoms with van der Waals surface area (Å²) in [7, 11) is 0. The van der Waals surface area contributed by atoms with Crippen molar-refractivity contribution in [1.29, 1.82) is 0 Å². The Hall–Kier alpha value is -1.37. The van der Waals surface area contributed by atoms with Crippen LogP contribution in [0, 0.1) is 0 Å².